The number of fused-ring (bicyclic) bond motifs is 7. The number of benzene rings is 10. The minimum absolute atomic E-state index is 0.110. The topological polar surface area (TPSA) is 25.8 Å². The van der Waals surface area contributed by atoms with E-state index in [4.69, 9.17) is 9.97 Å². The van der Waals surface area contributed by atoms with E-state index in [0.717, 1.165) is 33.6 Å². The number of aromatic nitrogens is 2. The van der Waals surface area contributed by atoms with Crippen LogP contribution in [-0.2, 0) is 5.41 Å². The first-order chi connectivity index (χ1) is 30.0. The van der Waals surface area contributed by atoms with Gasteiger partial charge in [-0.3, -0.25) is 0 Å². The standard InChI is InChI=1S/C59H40N2/c1-59(2)53-30-14-29-51(57(53)52-34-39-17-3-4-18-40(39)35-54(52)59)48-32-31-45(46-25-9-10-26-47(46)48)41-21-11-22-42(33-41)58-60-55(49-27-12-19-37-15-5-7-23-43(37)49)36-56(61-58)50-28-13-20-38-16-6-8-24-44(38)50/h3-36H,1-2H3. The van der Waals surface area contributed by atoms with Crippen LogP contribution in [0.4, 0.5) is 0 Å². The highest BCUT2D eigenvalue weighted by molar-refractivity contribution is 6.09. The van der Waals surface area contributed by atoms with Gasteiger partial charge in [0.05, 0.1) is 11.4 Å². The smallest absolute Gasteiger partial charge is 0.160 e. The van der Waals surface area contributed by atoms with Crippen molar-refractivity contribution in [3.05, 3.63) is 217 Å². The molecule has 0 atom stereocenters. The molecule has 0 fully saturated rings. The van der Waals surface area contributed by atoms with Gasteiger partial charge >= 0.3 is 0 Å². The van der Waals surface area contributed by atoms with E-state index in [1.165, 1.54) is 82.0 Å². The summed E-state index contributed by atoms with van der Waals surface area (Å²) >= 11 is 0. The molecule has 1 aromatic heterocycles. The van der Waals surface area contributed by atoms with Gasteiger partial charge in [-0.2, -0.15) is 0 Å². The molecule has 2 nitrogen and oxygen atoms in total. The SMILES string of the molecule is CC1(C)c2cc3ccccc3cc2-c2c(-c3ccc(-c4cccc(-c5nc(-c6cccc7ccccc67)cc(-c6cccc7ccccc67)n5)c4)c4ccccc34)cccc21. The van der Waals surface area contributed by atoms with Crippen molar-refractivity contribution in [3.8, 4) is 67.3 Å². The average molecular weight is 777 g/mol. The second-order valence-electron chi connectivity index (χ2n) is 16.9. The van der Waals surface area contributed by atoms with E-state index in [0.29, 0.717) is 5.82 Å². The lowest BCUT2D eigenvalue weighted by Gasteiger charge is -2.22. The Labute approximate surface area is 355 Å². The maximum Gasteiger partial charge on any atom is 0.160 e. The monoisotopic (exact) mass is 776 g/mol. The van der Waals surface area contributed by atoms with Crippen molar-refractivity contribution in [3.63, 3.8) is 0 Å². The van der Waals surface area contributed by atoms with Gasteiger partial charge in [0.15, 0.2) is 5.82 Å². The summed E-state index contributed by atoms with van der Waals surface area (Å²) < 4.78 is 0. The Morgan fingerprint density at radius 3 is 1.48 bits per heavy atom. The number of rotatable bonds is 5. The molecule has 0 saturated heterocycles. The van der Waals surface area contributed by atoms with E-state index in [1.54, 1.807) is 0 Å². The summed E-state index contributed by atoms with van der Waals surface area (Å²) in [6.45, 7) is 4.74. The third-order valence-electron chi connectivity index (χ3n) is 13.1. The zero-order valence-electron chi connectivity index (χ0n) is 34.0. The quantitative estimate of drug-likeness (QED) is 0.174. The normalized spacial score (nSPS) is 12.9. The highest BCUT2D eigenvalue weighted by Crippen LogP contribution is 2.54. The van der Waals surface area contributed by atoms with Crippen molar-refractivity contribution in [2.24, 2.45) is 0 Å². The van der Waals surface area contributed by atoms with Crippen LogP contribution in [0.1, 0.15) is 25.0 Å². The third-order valence-corrected chi connectivity index (χ3v) is 13.1. The van der Waals surface area contributed by atoms with Gasteiger partial charge in [-0.15, -0.1) is 0 Å². The first-order valence-corrected chi connectivity index (χ1v) is 21.1. The van der Waals surface area contributed by atoms with Gasteiger partial charge in [-0.05, 0) is 112 Å². The molecule has 1 aliphatic carbocycles. The van der Waals surface area contributed by atoms with Gasteiger partial charge in [-0.25, -0.2) is 9.97 Å². The molecular weight excluding hydrogens is 737 g/mol. The zero-order chi connectivity index (χ0) is 40.7. The Hall–Kier alpha value is -7.68. The first-order valence-electron chi connectivity index (χ1n) is 21.1. The first kappa shape index (κ1) is 35.3. The molecule has 12 rings (SSSR count). The summed E-state index contributed by atoms with van der Waals surface area (Å²) in [4.78, 5) is 10.7. The molecule has 0 radical (unpaired) electrons. The fourth-order valence-electron chi connectivity index (χ4n) is 10.1. The van der Waals surface area contributed by atoms with E-state index in [2.05, 4.69) is 220 Å². The van der Waals surface area contributed by atoms with Gasteiger partial charge in [0, 0.05) is 22.1 Å². The molecule has 0 bridgehead atoms. The summed E-state index contributed by atoms with van der Waals surface area (Å²) in [6, 6.07) is 74.9. The number of hydrogen-bond acceptors (Lipinski definition) is 2. The van der Waals surface area contributed by atoms with E-state index in [1.807, 2.05) is 0 Å². The van der Waals surface area contributed by atoms with Crippen LogP contribution in [0, 0.1) is 0 Å². The summed E-state index contributed by atoms with van der Waals surface area (Å²) in [5.74, 6) is 0.699. The van der Waals surface area contributed by atoms with Gasteiger partial charge in [-0.1, -0.05) is 196 Å². The van der Waals surface area contributed by atoms with Crippen molar-refractivity contribution < 1.29 is 0 Å². The number of nitrogens with zero attached hydrogens (tertiary/aromatic N) is 2. The van der Waals surface area contributed by atoms with Crippen molar-refractivity contribution in [2.45, 2.75) is 19.3 Å². The third kappa shape index (κ3) is 5.64. The molecule has 10 aromatic carbocycles. The predicted molar refractivity (Wildman–Crippen MR) is 257 cm³/mol. The molecule has 0 spiro atoms. The molecule has 0 amide bonds. The van der Waals surface area contributed by atoms with Gasteiger partial charge in [0.25, 0.3) is 0 Å². The molecule has 286 valence electrons. The maximum atomic E-state index is 5.35. The zero-order valence-corrected chi connectivity index (χ0v) is 34.0. The molecule has 61 heavy (non-hydrogen) atoms. The predicted octanol–water partition coefficient (Wildman–Crippen LogP) is 15.7. The average Bonchev–Trinajstić information content (AvgIpc) is 3.54. The lowest BCUT2D eigenvalue weighted by molar-refractivity contribution is 0.661. The van der Waals surface area contributed by atoms with Crippen LogP contribution in [0.25, 0.3) is 110 Å². The minimum atomic E-state index is -0.110. The summed E-state index contributed by atoms with van der Waals surface area (Å²) in [7, 11) is 0. The molecule has 11 aromatic rings. The van der Waals surface area contributed by atoms with Crippen LogP contribution in [0.5, 0.6) is 0 Å². The van der Waals surface area contributed by atoms with E-state index < -0.39 is 0 Å². The molecule has 1 aliphatic rings. The highest BCUT2D eigenvalue weighted by atomic mass is 14.9. The van der Waals surface area contributed by atoms with Crippen LogP contribution in [0.15, 0.2) is 206 Å². The van der Waals surface area contributed by atoms with Crippen molar-refractivity contribution in [1.82, 2.24) is 9.97 Å². The van der Waals surface area contributed by atoms with Crippen LogP contribution in [-0.4, -0.2) is 9.97 Å². The molecule has 0 saturated carbocycles. The molecule has 2 heteroatoms. The Morgan fingerprint density at radius 1 is 0.311 bits per heavy atom. The molecule has 0 N–H and O–H groups in total. The minimum Gasteiger partial charge on any atom is -0.228 e. The van der Waals surface area contributed by atoms with E-state index in [9.17, 15) is 0 Å². The summed E-state index contributed by atoms with van der Waals surface area (Å²) in [6.07, 6.45) is 0. The molecule has 0 unspecified atom stereocenters. The van der Waals surface area contributed by atoms with Crippen molar-refractivity contribution >= 4 is 43.1 Å². The van der Waals surface area contributed by atoms with Crippen molar-refractivity contribution in [1.29, 1.82) is 0 Å². The Bertz CT molecular complexity index is 3470. The number of hydrogen-bond donors (Lipinski definition) is 0. The summed E-state index contributed by atoms with van der Waals surface area (Å²) in [5.41, 5.74) is 15.1. The van der Waals surface area contributed by atoms with Gasteiger partial charge in [0.2, 0.25) is 0 Å². The largest absolute Gasteiger partial charge is 0.228 e. The Morgan fingerprint density at radius 2 is 0.803 bits per heavy atom. The second kappa shape index (κ2) is 13.7. The van der Waals surface area contributed by atoms with Crippen LogP contribution in [0.3, 0.4) is 0 Å². The van der Waals surface area contributed by atoms with Gasteiger partial charge in [0.1, 0.15) is 0 Å². The lowest BCUT2D eigenvalue weighted by atomic mass is 9.81. The Kier molecular flexibility index (Phi) is 7.92. The van der Waals surface area contributed by atoms with Crippen LogP contribution >= 0.6 is 0 Å². The van der Waals surface area contributed by atoms with Crippen molar-refractivity contribution in [2.75, 3.05) is 0 Å². The fraction of sp³-hybridized carbons (Fsp3) is 0.0508. The maximum absolute atomic E-state index is 5.35. The van der Waals surface area contributed by atoms with Crippen LogP contribution < -0.4 is 0 Å². The van der Waals surface area contributed by atoms with Crippen LogP contribution in [0.2, 0.25) is 0 Å². The fourth-order valence-corrected chi connectivity index (χ4v) is 10.1. The summed E-state index contributed by atoms with van der Waals surface area (Å²) in [5, 5.41) is 9.72. The van der Waals surface area contributed by atoms with Gasteiger partial charge < -0.3 is 0 Å². The molecule has 1 heterocycles. The Balaban J connectivity index is 1.02. The van der Waals surface area contributed by atoms with E-state index in [-0.39, 0.29) is 5.41 Å². The highest BCUT2D eigenvalue weighted by Gasteiger charge is 2.37. The molecule has 0 aliphatic heterocycles. The lowest BCUT2D eigenvalue weighted by Crippen LogP contribution is -2.14. The van der Waals surface area contributed by atoms with E-state index >= 15 is 0 Å². The second-order valence-corrected chi connectivity index (χ2v) is 16.9. The molecular formula is C59H40N2.